The summed E-state index contributed by atoms with van der Waals surface area (Å²) < 4.78 is 0.212. The average molecular weight is 227 g/mol. The summed E-state index contributed by atoms with van der Waals surface area (Å²) in [5.41, 5.74) is 6.14. The van der Waals surface area contributed by atoms with Crippen molar-refractivity contribution in [2.45, 2.75) is 6.92 Å². The SMILES string of the molecule is Cc1cc(C(=O)NNC(=S)S)ccn1. The van der Waals surface area contributed by atoms with Crippen LogP contribution < -0.4 is 10.9 Å². The number of hydrogen-bond donors (Lipinski definition) is 3. The Kier molecular flexibility index (Phi) is 3.84. The van der Waals surface area contributed by atoms with Crippen molar-refractivity contribution < 1.29 is 4.79 Å². The van der Waals surface area contributed by atoms with Gasteiger partial charge in [-0.25, -0.2) is 0 Å². The van der Waals surface area contributed by atoms with Gasteiger partial charge in [0, 0.05) is 17.5 Å². The van der Waals surface area contributed by atoms with Crippen molar-refractivity contribution in [2.24, 2.45) is 0 Å². The van der Waals surface area contributed by atoms with Gasteiger partial charge in [0.25, 0.3) is 5.91 Å². The fourth-order valence-electron chi connectivity index (χ4n) is 0.869. The Morgan fingerprint density at radius 2 is 2.29 bits per heavy atom. The fraction of sp³-hybridized carbons (Fsp3) is 0.125. The van der Waals surface area contributed by atoms with Crippen LogP contribution in [0, 0.1) is 6.92 Å². The number of rotatable bonds is 1. The first-order valence-electron chi connectivity index (χ1n) is 3.81. The maximum absolute atomic E-state index is 11.4. The molecular formula is C8H9N3OS2. The van der Waals surface area contributed by atoms with Gasteiger partial charge < -0.3 is 0 Å². The van der Waals surface area contributed by atoms with Crippen LogP contribution in [0.25, 0.3) is 0 Å². The average Bonchev–Trinajstić information content (AvgIpc) is 2.14. The summed E-state index contributed by atoms with van der Waals surface area (Å²) in [6, 6.07) is 3.30. The van der Waals surface area contributed by atoms with Crippen LogP contribution in [0.5, 0.6) is 0 Å². The second-order valence-corrected chi connectivity index (χ2v) is 3.73. The first-order chi connectivity index (χ1) is 6.59. The zero-order valence-electron chi connectivity index (χ0n) is 7.44. The molecule has 1 aromatic heterocycles. The van der Waals surface area contributed by atoms with Crippen LogP contribution in [0.4, 0.5) is 0 Å². The molecule has 0 fully saturated rings. The predicted octanol–water partition coefficient (Wildman–Crippen LogP) is 0.839. The highest BCUT2D eigenvalue weighted by molar-refractivity contribution is 8.11. The number of nitrogens with one attached hydrogen (secondary N) is 2. The van der Waals surface area contributed by atoms with Gasteiger partial charge in [-0.2, -0.15) is 0 Å². The van der Waals surface area contributed by atoms with Gasteiger partial charge in [0.2, 0.25) is 0 Å². The third-order valence-corrected chi connectivity index (χ3v) is 1.66. The summed E-state index contributed by atoms with van der Waals surface area (Å²) in [7, 11) is 0. The number of nitrogens with zero attached hydrogens (tertiary/aromatic N) is 1. The minimum absolute atomic E-state index is 0.212. The normalized spacial score (nSPS) is 9.29. The molecule has 0 spiro atoms. The highest BCUT2D eigenvalue weighted by Gasteiger charge is 2.04. The maximum Gasteiger partial charge on any atom is 0.269 e. The summed E-state index contributed by atoms with van der Waals surface area (Å²) in [5, 5.41) is 0. The van der Waals surface area contributed by atoms with Gasteiger partial charge in [-0.05, 0) is 19.1 Å². The Balaban J connectivity index is 2.65. The lowest BCUT2D eigenvalue weighted by Gasteiger charge is -2.05. The van der Waals surface area contributed by atoms with E-state index in [4.69, 9.17) is 0 Å². The van der Waals surface area contributed by atoms with E-state index in [2.05, 4.69) is 40.7 Å². The van der Waals surface area contributed by atoms with E-state index in [1.54, 1.807) is 18.3 Å². The topological polar surface area (TPSA) is 54.0 Å². The summed E-state index contributed by atoms with van der Waals surface area (Å²) in [6.07, 6.45) is 1.57. The maximum atomic E-state index is 11.4. The number of carbonyl (C=O) groups is 1. The van der Waals surface area contributed by atoms with Gasteiger partial charge in [-0.1, -0.05) is 12.2 Å². The van der Waals surface area contributed by atoms with Crippen LogP contribution in [-0.2, 0) is 0 Å². The molecule has 0 bridgehead atoms. The number of carbonyl (C=O) groups excluding carboxylic acids is 1. The quantitative estimate of drug-likeness (QED) is 0.378. The molecule has 0 radical (unpaired) electrons. The van der Waals surface area contributed by atoms with E-state index in [1.807, 2.05) is 6.92 Å². The lowest BCUT2D eigenvalue weighted by Crippen LogP contribution is -2.38. The molecule has 0 aliphatic rings. The van der Waals surface area contributed by atoms with Gasteiger partial charge in [-0.3, -0.25) is 20.6 Å². The minimum atomic E-state index is -0.271. The largest absolute Gasteiger partial charge is 0.283 e. The molecule has 0 saturated carbocycles. The first-order valence-corrected chi connectivity index (χ1v) is 4.67. The number of thiol groups is 1. The zero-order chi connectivity index (χ0) is 10.6. The van der Waals surface area contributed by atoms with E-state index >= 15 is 0 Å². The first kappa shape index (κ1) is 10.9. The third-order valence-electron chi connectivity index (χ3n) is 1.44. The number of hydrogen-bond acceptors (Lipinski definition) is 3. The van der Waals surface area contributed by atoms with Crippen molar-refractivity contribution in [3.8, 4) is 0 Å². The lowest BCUT2D eigenvalue weighted by atomic mass is 10.2. The van der Waals surface area contributed by atoms with Crippen molar-refractivity contribution in [2.75, 3.05) is 0 Å². The molecule has 1 amide bonds. The lowest BCUT2D eigenvalue weighted by molar-refractivity contribution is 0.0944. The molecule has 6 heteroatoms. The molecule has 1 aromatic rings. The standard InChI is InChI=1S/C8H9N3OS2/c1-5-4-6(2-3-9-5)7(12)10-11-8(13)14/h2-4H,1H3,(H,10,12)(H2,11,13,14). The van der Waals surface area contributed by atoms with Crippen LogP contribution in [-0.4, -0.2) is 15.2 Å². The van der Waals surface area contributed by atoms with Crippen LogP contribution in [0.2, 0.25) is 0 Å². The van der Waals surface area contributed by atoms with E-state index in [0.29, 0.717) is 5.56 Å². The Hall–Kier alpha value is -1.14. The molecule has 14 heavy (non-hydrogen) atoms. The van der Waals surface area contributed by atoms with Crippen molar-refractivity contribution in [3.63, 3.8) is 0 Å². The molecule has 1 heterocycles. The molecule has 1 rings (SSSR count). The van der Waals surface area contributed by atoms with E-state index in [9.17, 15) is 4.79 Å². The summed E-state index contributed by atoms with van der Waals surface area (Å²) in [6.45, 7) is 1.81. The van der Waals surface area contributed by atoms with E-state index in [1.165, 1.54) is 0 Å². The fourth-order valence-corrected chi connectivity index (χ4v) is 0.976. The second-order valence-electron chi connectivity index (χ2n) is 2.57. The third kappa shape index (κ3) is 3.31. The number of amides is 1. The molecular weight excluding hydrogens is 218 g/mol. The summed E-state index contributed by atoms with van der Waals surface area (Å²) >= 11 is 8.41. The molecule has 0 aliphatic carbocycles. The van der Waals surface area contributed by atoms with Crippen LogP contribution in [0.15, 0.2) is 18.3 Å². The predicted molar refractivity (Wildman–Crippen MR) is 61.2 cm³/mol. The number of hydrazine groups is 1. The number of aromatic nitrogens is 1. The van der Waals surface area contributed by atoms with Crippen molar-refractivity contribution in [1.82, 2.24) is 15.8 Å². The van der Waals surface area contributed by atoms with Gasteiger partial charge >= 0.3 is 0 Å². The number of pyridine rings is 1. The van der Waals surface area contributed by atoms with Crippen molar-refractivity contribution in [1.29, 1.82) is 0 Å². The Morgan fingerprint density at radius 1 is 1.57 bits per heavy atom. The molecule has 0 saturated heterocycles. The summed E-state index contributed by atoms with van der Waals surface area (Å²) in [5.74, 6) is -0.271. The van der Waals surface area contributed by atoms with E-state index in [0.717, 1.165) is 5.69 Å². The Morgan fingerprint density at radius 3 is 2.86 bits per heavy atom. The van der Waals surface area contributed by atoms with Gasteiger partial charge in [0.15, 0.2) is 0 Å². The Labute approximate surface area is 92.5 Å². The van der Waals surface area contributed by atoms with Crippen LogP contribution >= 0.6 is 24.8 Å². The highest BCUT2D eigenvalue weighted by atomic mass is 32.1. The molecule has 4 nitrogen and oxygen atoms in total. The molecule has 74 valence electrons. The minimum Gasteiger partial charge on any atom is -0.283 e. The van der Waals surface area contributed by atoms with Crippen LogP contribution in [0.3, 0.4) is 0 Å². The number of aryl methyl sites for hydroxylation is 1. The highest BCUT2D eigenvalue weighted by Crippen LogP contribution is 1.99. The smallest absolute Gasteiger partial charge is 0.269 e. The molecule has 2 N–H and O–H groups in total. The van der Waals surface area contributed by atoms with Crippen LogP contribution in [0.1, 0.15) is 16.1 Å². The van der Waals surface area contributed by atoms with E-state index in [-0.39, 0.29) is 10.2 Å². The molecule has 0 unspecified atom stereocenters. The van der Waals surface area contributed by atoms with Crippen molar-refractivity contribution >= 4 is 35.1 Å². The molecule has 0 aromatic carbocycles. The molecule has 0 atom stereocenters. The zero-order valence-corrected chi connectivity index (χ0v) is 9.15. The van der Waals surface area contributed by atoms with Gasteiger partial charge in [0.1, 0.15) is 4.32 Å². The Bertz CT molecular complexity index is 367. The molecule has 0 aliphatic heterocycles. The second kappa shape index (κ2) is 4.92. The summed E-state index contributed by atoms with van der Waals surface area (Å²) in [4.78, 5) is 15.4. The van der Waals surface area contributed by atoms with Gasteiger partial charge in [0.05, 0.1) is 0 Å². The van der Waals surface area contributed by atoms with E-state index < -0.39 is 0 Å². The van der Waals surface area contributed by atoms with Gasteiger partial charge in [-0.15, -0.1) is 12.6 Å². The van der Waals surface area contributed by atoms with Crippen molar-refractivity contribution in [3.05, 3.63) is 29.6 Å². The monoisotopic (exact) mass is 227 g/mol. The number of thiocarbonyl (C=S) groups is 1.